The first kappa shape index (κ1) is 22.5. The molecule has 0 radical (unpaired) electrons. The second-order valence-corrected chi connectivity index (χ2v) is 8.41. The summed E-state index contributed by atoms with van der Waals surface area (Å²) in [6.45, 7) is 6.20. The average Bonchev–Trinajstić information content (AvgIpc) is 2.83. The fourth-order valence-corrected chi connectivity index (χ4v) is 4.03. The Hall–Kier alpha value is -1.58. The number of hydrogen-bond donors (Lipinski definition) is 2. The van der Waals surface area contributed by atoms with Crippen LogP contribution in [0.1, 0.15) is 57.4 Å². The molecule has 1 rings (SSSR count). The number of halogens is 2. The predicted octanol–water partition coefficient (Wildman–Crippen LogP) is 2.77. The molecule has 0 saturated carbocycles. The largest absolute Gasteiger partial charge is 0.400 e. The van der Waals surface area contributed by atoms with Gasteiger partial charge in [-0.05, 0) is 40.5 Å². The standard InChI is InChI=1S/C14H26F2N5O4P/c1-9(2)24-26(23,25-10(3)4)14(15,16)7-5-6-8-21-12(17)11(13(18)22)19-20-21/h9-10H,5-8,17H2,1-4H3,(H2,18,22). The predicted molar refractivity (Wildman–Crippen MR) is 91.8 cm³/mol. The Morgan fingerprint density at radius 1 is 1.23 bits per heavy atom. The highest BCUT2D eigenvalue weighted by molar-refractivity contribution is 7.55. The van der Waals surface area contributed by atoms with Gasteiger partial charge in [0.2, 0.25) is 0 Å². The van der Waals surface area contributed by atoms with Crippen LogP contribution in [0, 0.1) is 0 Å². The topological polar surface area (TPSA) is 135 Å². The van der Waals surface area contributed by atoms with Crippen LogP contribution in [0.3, 0.4) is 0 Å². The lowest BCUT2D eigenvalue weighted by Gasteiger charge is -2.29. The summed E-state index contributed by atoms with van der Waals surface area (Å²) in [6, 6.07) is 0. The molecule has 4 N–H and O–H groups in total. The summed E-state index contributed by atoms with van der Waals surface area (Å²) in [5, 5.41) is 7.18. The Bertz CT molecular complexity index is 652. The fourth-order valence-electron chi connectivity index (χ4n) is 2.13. The van der Waals surface area contributed by atoms with Crippen LogP contribution in [-0.4, -0.2) is 38.8 Å². The van der Waals surface area contributed by atoms with Crippen molar-refractivity contribution >= 4 is 19.3 Å². The Morgan fingerprint density at radius 3 is 2.19 bits per heavy atom. The number of carbonyl (C=O) groups is 1. The van der Waals surface area contributed by atoms with Gasteiger partial charge in [0, 0.05) is 13.0 Å². The van der Waals surface area contributed by atoms with Gasteiger partial charge in [0.05, 0.1) is 12.2 Å². The number of amides is 1. The van der Waals surface area contributed by atoms with Gasteiger partial charge in [-0.2, -0.15) is 8.78 Å². The number of nitrogens with zero attached hydrogens (tertiary/aromatic N) is 3. The summed E-state index contributed by atoms with van der Waals surface area (Å²) in [6.07, 6.45) is -1.79. The maximum atomic E-state index is 14.5. The van der Waals surface area contributed by atoms with Gasteiger partial charge in [0.1, 0.15) is 0 Å². The molecule has 1 aromatic rings. The number of carbonyl (C=O) groups excluding carboxylic acids is 1. The lowest BCUT2D eigenvalue weighted by molar-refractivity contribution is 0.0121. The van der Waals surface area contributed by atoms with Crippen LogP contribution >= 0.6 is 7.60 Å². The van der Waals surface area contributed by atoms with Crippen molar-refractivity contribution in [2.45, 2.75) is 71.4 Å². The maximum Gasteiger partial charge on any atom is 0.400 e. The molecular weight excluding hydrogens is 371 g/mol. The number of nitrogen functional groups attached to an aromatic ring is 1. The highest BCUT2D eigenvalue weighted by Gasteiger charge is 2.53. The third kappa shape index (κ3) is 5.72. The van der Waals surface area contributed by atoms with Crippen molar-refractivity contribution < 1.29 is 27.2 Å². The van der Waals surface area contributed by atoms with E-state index in [0.717, 1.165) is 0 Å². The van der Waals surface area contributed by atoms with E-state index in [1.807, 2.05) is 0 Å². The summed E-state index contributed by atoms with van der Waals surface area (Å²) < 4.78 is 52.6. The van der Waals surface area contributed by atoms with Crippen molar-refractivity contribution in [1.82, 2.24) is 15.0 Å². The average molecular weight is 397 g/mol. The molecule has 0 bridgehead atoms. The Balaban J connectivity index is 2.68. The summed E-state index contributed by atoms with van der Waals surface area (Å²) in [5.41, 5.74) is 6.93. The van der Waals surface area contributed by atoms with Crippen LogP contribution in [0.5, 0.6) is 0 Å². The van der Waals surface area contributed by atoms with Gasteiger partial charge >= 0.3 is 13.3 Å². The molecule has 26 heavy (non-hydrogen) atoms. The molecule has 1 amide bonds. The molecule has 9 nitrogen and oxygen atoms in total. The molecule has 1 heterocycles. The van der Waals surface area contributed by atoms with Gasteiger partial charge in [-0.3, -0.25) is 9.36 Å². The Kier molecular flexibility index (Phi) is 7.67. The van der Waals surface area contributed by atoms with Crippen molar-refractivity contribution in [3.63, 3.8) is 0 Å². The minimum absolute atomic E-state index is 0.00506. The van der Waals surface area contributed by atoms with Crippen molar-refractivity contribution in [3.8, 4) is 0 Å². The highest BCUT2D eigenvalue weighted by Crippen LogP contribution is 2.65. The van der Waals surface area contributed by atoms with Gasteiger partial charge in [-0.1, -0.05) is 5.21 Å². The number of nitrogens with two attached hydrogens (primary N) is 2. The monoisotopic (exact) mass is 397 g/mol. The van der Waals surface area contributed by atoms with Crippen molar-refractivity contribution in [1.29, 1.82) is 0 Å². The van der Waals surface area contributed by atoms with Crippen LogP contribution in [0.25, 0.3) is 0 Å². The van der Waals surface area contributed by atoms with E-state index in [2.05, 4.69) is 10.3 Å². The van der Waals surface area contributed by atoms with E-state index < -0.39 is 37.8 Å². The second kappa shape index (κ2) is 8.88. The summed E-state index contributed by atoms with van der Waals surface area (Å²) in [5.74, 6) is -0.848. The van der Waals surface area contributed by atoms with E-state index in [9.17, 15) is 18.1 Å². The van der Waals surface area contributed by atoms with Crippen LogP contribution in [0.2, 0.25) is 0 Å². The number of aryl methyl sites for hydroxylation is 1. The minimum atomic E-state index is -4.62. The molecule has 12 heteroatoms. The van der Waals surface area contributed by atoms with Crippen molar-refractivity contribution in [2.24, 2.45) is 5.73 Å². The number of aromatic nitrogens is 3. The molecule has 1 aromatic heterocycles. The minimum Gasteiger partial charge on any atom is -0.382 e. The van der Waals surface area contributed by atoms with Gasteiger partial charge in [-0.15, -0.1) is 5.10 Å². The van der Waals surface area contributed by atoms with Gasteiger partial charge in [0.25, 0.3) is 5.91 Å². The number of alkyl halides is 2. The quantitative estimate of drug-likeness (QED) is 0.433. The first-order valence-corrected chi connectivity index (χ1v) is 9.77. The van der Waals surface area contributed by atoms with E-state index >= 15 is 0 Å². The Labute approximate surface area is 150 Å². The molecule has 0 aliphatic carbocycles. The van der Waals surface area contributed by atoms with E-state index in [0.29, 0.717) is 0 Å². The third-order valence-electron chi connectivity index (χ3n) is 3.20. The molecule has 0 unspecified atom stereocenters. The number of rotatable bonds is 11. The number of primary amides is 1. The first-order chi connectivity index (χ1) is 11.9. The SMILES string of the molecule is CC(C)OP(=O)(OC(C)C)C(F)(F)CCCCn1nnc(C(N)=O)c1N. The molecule has 0 aliphatic heterocycles. The lowest BCUT2D eigenvalue weighted by Crippen LogP contribution is -2.24. The molecule has 0 aliphatic rings. The summed E-state index contributed by atoms with van der Waals surface area (Å²) in [7, 11) is -4.62. The zero-order valence-corrected chi connectivity index (χ0v) is 16.2. The van der Waals surface area contributed by atoms with E-state index in [1.54, 1.807) is 0 Å². The summed E-state index contributed by atoms with van der Waals surface area (Å²) in [4.78, 5) is 11.1. The third-order valence-corrected chi connectivity index (χ3v) is 5.63. The van der Waals surface area contributed by atoms with Crippen LogP contribution in [0.4, 0.5) is 14.6 Å². The van der Waals surface area contributed by atoms with Gasteiger partial charge < -0.3 is 20.5 Å². The maximum absolute atomic E-state index is 14.5. The zero-order valence-electron chi connectivity index (χ0n) is 15.3. The molecule has 0 aromatic carbocycles. The van der Waals surface area contributed by atoms with E-state index in [4.69, 9.17) is 20.5 Å². The second-order valence-electron chi connectivity index (χ2n) is 6.34. The van der Waals surface area contributed by atoms with Crippen LogP contribution < -0.4 is 11.5 Å². The van der Waals surface area contributed by atoms with E-state index in [1.165, 1.54) is 32.4 Å². The van der Waals surface area contributed by atoms with Crippen LogP contribution in [0.15, 0.2) is 0 Å². The van der Waals surface area contributed by atoms with Gasteiger partial charge in [-0.25, -0.2) is 4.68 Å². The fraction of sp³-hybridized carbons (Fsp3) is 0.786. The first-order valence-electron chi connectivity index (χ1n) is 8.23. The van der Waals surface area contributed by atoms with E-state index in [-0.39, 0.29) is 30.9 Å². The summed E-state index contributed by atoms with van der Waals surface area (Å²) >= 11 is 0. The molecule has 0 fully saturated rings. The number of hydrogen-bond acceptors (Lipinski definition) is 7. The molecule has 0 saturated heterocycles. The van der Waals surface area contributed by atoms with Crippen LogP contribution in [-0.2, 0) is 20.2 Å². The van der Waals surface area contributed by atoms with Crippen molar-refractivity contribution in [2.75, 3.05) is 5.73 Å². The number of anilines is 1. The number of unbranched alkanes of at least 4 members (excludes halogenated alkanes) is 1. The molecule has 150 valence electrons. The van der Waals surface area contributed by atoms with Crippen molar-refractivity contribution in [3.05, 3.63) is 5.69 Å². The zero-order chi connectivity index (χ0) is 20.1. The Morgan fingerprint density at radius 2 is 1.77 bits per heavy atom. The normalized spacial score (nSPS) is 12.9. The smallest absolute Gasteiger partial charge is 0.382 e. The highest BCUT2D eigenvalue weighted by atomic mass is 31.2. The molecular formula is C14H26F2N5O4P. The molecule has 0 spiro atoms. The lowest BCUT2D eigenvalue weighted by atomic mass is 10.2. The van der Waals surface area contributed by atoms with Gasteiger partial charge in [0.15, 0.2) is 11.5 Å². The molecule has 0 atom stereocenters.